The van der Waals surface area contributed by atoms with E-state index in [1.807, 2.05) is 0 Å². The van der Waals surface area contributed by atoms with Crippen LogP contribution >= 0.6 is 12.6 Å². The first-order chi connectivity index (χ1) is 5.66. The molecule has 0 bridgehead atoms. The third kappa shape index (κ3) is 1.77. The predicted molar refractivity (Wildman–Crippen MR) is 52.8 cm³/mol. The summed E-state index contributed by atoms with van der Waals surface area (Å²) in [5, 5.41) is 0. The van der Waals surface area contributed by atoms with Gasteiger partial charge >= 0.3 is 0 Å². The molecule has 4 heteroatoms. The maximum atomic E-state index is 10.8. The summed E-state index contributed by atoms with van der Waals surface area (Å²) < 4.78 is 19.7. The first-order valence-electron chi connectivity index (χ1n) is 3.22. The molecule has 0 saturated carbocycles. The zero-order chi connectivity index (χ0) is 9.14. The van der Waals surface area contributed by atoms with Crippen LogP contribution in [0.5, 0.6) is 0 Å². The smallest absolute Gasteiger partial charge is 0.188 e. The number of thiol groups is 1. The Morgan fingerprint density at radius 3 is 2.67 bits per heavy atom. The molecule has 2 nitrogen and oxygen atoms in total. The van der Waals surface area contributed by atoms with E-state index in [1.165, 1.54) is 6.08 Å². The number of hydrogen-bond acceptors (Lipinski definition) is 2. The normalized spacial score (nSPS) is 12.5. The van der Waals surface area contributed by atoms with Crippen molar-refractivity contribution in [3.05, 3.63) is 30.3 Å². The van der Waals surface area contributed by atoms with Crippen molar-refractivity contribution >= 4 is 29.8 Å². The fraction of sp³-hybridized carbons (Fsp3) is 0. The van der Waals surface area contributed by atoms with Crippen molar-refractivity contribution in [2.75, 3.05) is 0 Å². The highest BCUT2D eigenvalue weighted by Crippen LogP contribution is 2.21. The van der Waals surface area contributed by atoms with Crippen LogP contribution in [0.4, 0.5) is 0 Å². The monoisotopic (exact) mass is 200 g/mol. The van der Waals surface area contributed by atoms with Gasteiger partial charge in [0.05, 0.1) is 4.90 Å². The third-order valence-corrected chi connectivity index (χ3v) is 2.75. The Kier molecular flexibility index (Phi) is 3.08. The lowest BCUT2D eigenvalue weighted by atomic mass is 10.2. The van der Waals surface area contributed by atoms with E-state index in [0.717, 1.165) is 0 Å². The van der Waals surface area contributed by atoms with Gasteiger partial charge in [0.1, 0.15) is 0 Å². The second kappa shape index (κ2) is 3.89. The predicted octanol–water partition coefficient (Wildman–Crippen LogP) is 2.20. The van der Waals surface area contributed by atoms with Gasteiger partial charge in [-0.05, 0) is 11.6 Å². The molecule has 0 aliphatic heterocycles. The molecule has 1 unspecified atom stereocenters. The standard InChI is InChI=1S/C8H8O2S2/c1-2-6-4-3-5-7(11)8(6)12(9)10/h2-5,11H,1H2,(H,9,10). The van der Waals surface area contributed by atoms with E-state index in [-0.39, 0.29) is 0 Å². The second-order valence-corrected chi connectivity index (χ2v) is 3.54. The molecule has 0 saturated heterocycles. The van der Waals surface area contributed by atoms with Gasteiger partial charge in [-0.3, -0.25) is 0 Å². The lowest BCUT2D eigenvalue weighted by molar-refractivity contribution is 0.562. The molecular weight excluding hydrogens is 192 g/mol. The van der Waals surface area contributed by atoms with Crippen LogP contribution in [0.1, 0.15) is 5.56 Å². The minimum atomic E-state index is -2.00. The van der Waals surface area contributed by atoms with E-state index in [0.29, 0.717) is 15.4 Å². The van der Waals surface area contributed by atoms with E-state index in [1.54, 1.807) is 18.2 Å². The number of rotatable bonds is 2. The van der Waals surface area contributed by atoms with Crippen molar-refractivity contribution in [1.82, 2.24) is 0 Å². The molecule has 0 heterocycles. The van der Waals surface area contributed by atoms with Crippen LogP contribution in [0.15, 0.2) is 34.6 Å². The van der Waals surface area contributed by atoms with Gasteiger partial charge in [0.2, 0.25) is 0 Å². The van der Waals surface area contributed by atoms with Crippen LogP contribution < -0.4 is 0 Å². The zero-order valence-electron chi connectivity index (χ0n) is 6.23. The van der Waals surface area contributed by atoms with Crippen LogP contribution in [0.2, 0.25) is 0 Å². The Labute approximate surface area is 79.0 Å². The molecule has 0 aliphatic rings. The molecule has 1 rings (SSSR count). The lowest BCUT2D eigenvalue weighted by Crippen LogP contribution is -1.93. The maximum Gasteiger partial charge on any atom is 0.188 e. The number of hydrogen-bond donors (Lipinski definition) is 2. The highest BCUT2D eigenvalue weighted by atomic mass is 32.2. The molecule has 12 heavy (non-hydrogen) atoms. The maximum absolute atomic E-state index is 10.8. The summed E-state index contributed by atoms with van der Waals surface area (Å²) in [6.07, 6.45) is 1.53. The minimum Gasteiger partial charge on any atom is -0.302 e. The highest BCUT2D eigenvalue weighted by Gasteiger charge is 2.08. The quantitative estimate of drug-likeness (QED) is 0.567. The highest BCUT2D eigenvalue weighted by molar-refractivity contribution is 7.83. The third-order valence-electron chi connectivity index (χ3n) is 1.42. The van der Waals surface area contributed by atoms with Gasteiger partial charge in [-0.25, -0.2) is 4.21 Å². The van der Waals surface area contributed by atoms with Crippen LogP contribution in [-0.4, -0.2) is 8.76 Å². The van der Waals surface area contributed by atoms with E-state index in [4.69, 9.17) is 4.55 Å². The molecule has 1 atom stereocenters. The van der Waals surface area contributed by atoms with E-state index in [9.17, 15) is 4.21 Å². The summed E-state index contributed by atoms with van der Waals surface area (Å²) in [6.45, 7) is 3.54. The summed E-state index contributed by atoms with van der Waals surface area (Å²) in [4.78, 5) is 0.823. The van der Waals surface area contributed by atoms with Gasteiger partial charge in [-0.15, -0.1) is 12.6 Å². The Morgan fingerprint density at radius 1 is 1.58 bits per heavy atom. The van der Waals surface area contributed by atoms with Gasteiger partial charge in [0.25, 0.3) is 0 Å². The Morgan fingerprint density at radius 2 is 2.25 bits per heavy atom. The molecule has 0 radical (unpaired) electrons. The summed E-state index contributed by atoms with van der Waals surface area (Å²) in [6, 6.07) is 5.14. The summed E-state index contributed by atoms with van der Waals surface area (Å²) in [5.74, 6) is 0. The van der Waals surface area contributed by atoms with Gasteiger partial charge in [-0.1, -0.05) is 24.8 Å². The van der Waals surface area contributed by atoms with E-state index in [2.05, 4.69) is 19.2 Å². The fourth-order valence-corrected chi connectivity index (χ4v) is 1.94. The molecular formula is C8H8O2S2. The first-order valence-corrected chi connectivity index (χ1v) is 4.77. The average Bonchev–Trinajstić information content (AvgIpc) is 2.03. The van der Waals surface area contributed by atoms with Crippen LogP contribution in [-0.2, 0) is 11.1 Å². The molecule has 0 aliphatic carbocycles. The van der Waals surface area contributed by atoms with Crippen molar-refractivity contribution in [3.8, 4) is 0 Å². The molecule has 0 fully saturated rings. The molecule has 1 aromatic rings. The van der Waals surface area contributed by atoms with Crippen molar-refractivity contribution < 1.29 is 8.76 Å². The largest absolute Gasteiger partial charge is 0.302 e. The molecule has 0 amide bonds. The summed E-state index contributed by atoms with van der Waals surface area (Å²) >= 11 is 2.06. The topological polar surface area (TPSA) is 37.3 Å². The van der Waals surface area contributed by atoms with Crippen LogP contribution in [0.25, 0.3) is 6.08 Å². The SMILES string of the molecule is C=Cc1cccc(S)c1S(=O)O. The van der Waals surface area contributed by atoms with Gasteiger partial charge in [0.15, 0.2) is 11.1 Å². The van der Waals surface area contributed by atoms with Gasteiger partial charge in [0, 0.05) is 4.90 Å². The number of benzene rings is 1. The summed E-state index contributed by atoms with van der Waals surface area (Å²) in [7, 11) is 0. The molecule has 0 aromatic heterocycles. The van der Waals surface area contributed by atoms with Crippen molar-refractivity contribution in [1.29, 1.82) is 0 Å². The van der Waals surface area contributed by atoms with E-state index < -0.39 is 11.1 Å². The Hall–Kier alpha value is -0.580. The minimum absolute atomic E-state index is 0.316. The molecule has 1 aromatic carbocycles. The van der Waals surface area contributed by atoms with Gasteiger partial charge < -0.3 is 4.55 Å². The fourth-order valence-electron chi connectivity index (χ4n) is 0.893. The Balaban J connectivity index is 3.39. The van der Waals surface area contributed by atoms with Gasteiger partial charge in [-0.2, -0.15) is 0 Å². The average molecular weight is 200 g/mol. The lowest BCUT2D eigenvalue weighted by Gasteiger charge is -2.03. The Bertz CT molecular complexity index is 334. The summed E-state index contributed by atoms with van der Waals surface area (Å²) in [5.41, 5.74) is 0.642. The van der Waals surface area contributed by atoms with Crippen molar-refractivity contribution in [3.63, 3.8) is 0 Å². The molecule has 64 valence electrons. The van der Waals surface area contributed by atoms with Crippen LogP contribution in [0, 0.1) is 0 Å². The second-order valence-electron chi connectivity index (χ2n) is 2.15. The molecule has 0 spiro atoms. The van der Waals surface area contributed by atoms with Crippen molar-refractivity contribution in [2.45, 2.75) is 9.79 Å². The van der Waals surface area contributed by atoms with E-state index >= 15 is 0 Å². The van der Waals surface area contributed by atoms with Crippen molar-refractivity contribution in [2.24, 2.45) is 0 Å². The molecule has 1 N–H and O–H groups in total. The van der Waals surface area contributed by atoms with Crippen LogP contribution in [0.3, 0.4) is 0 Å². The zero-order valence-corrected chi connectivity index (χ0v) is 7.94. The first kappa shape index (κ1) is 9.51.